The number of aromatic nitrogens is 1. The second-order valence-electron chi connectivity index (χ2n) is 11.0. The van der Waals surface area contributed by atoms with Crippen LogP contribution in [0.5, 0.6) is 0 Å². The van der Waals surface area contributed by atoms with E-state index in [-0.39, 0.29) is 30.5 Å². The van der Waals surface area contributed by atoms with E-state index in [4.69, 9.17) is 30.8 Å². The number of aliphatic hydroxyl groups is 1. The summed E-state index contributed by atoms with van der Waals surface area (Å²) >= 11 is 6.34. The molecule has 9 heteroatoms. The summed E-state index contributed by atoms with van der Waals surface area (Å²) in [5.74, 6) is -1.04. The van der Waals surface area contributed by atoms with E-state index in [1.165, 1.54) is 41.2 Å². The van der Waals surface area contributed by atoms with Crippen molar-refractivity contribution >= 4 is 29.2 Å². The smallest absolute Gasteiger partial charge is 0.409 e. The van der Waals surface area contributed by atoms with Crippen LogP contribution >= 0.6 is 11.6 Å². The van der Waals surface area contributed by atoms with Crippen molar-refractivity contribution < 1.29 is 28.9 Å². The Kier molecular flexibility index (Phi) is 7.55. The number of rotatable bonds is 3. The number of methoxy groups -OCH3 is 1. The van der Waals surface area contributed by atoms with E-state index < -0.39 is 12.3 Å². The van der Waals surface area contributed by atoms with Gasteiger partial charge in [0, 0.05) is 47.6 Å². The maximum atomic E-state index is 13.1. The predicted molar refractivity (Wildman–Crippen MR) is 148 cm³/mol. The van der Waals surface area contributed by atoms with Crippen LogP contribution in [-0.4, -0.2) is 60.1 Å². The van der Waals surface area contributed by atoms with Crippen LogP contribution in [-0.2, 0) is 31.8 Å². The third-order valence-corrected chi connectivity index (χ3v) is 9.10. The molecule has 0 radical (unpaired) electrons. The van der Waals surface area contributed by atoms with Crippen molar-refractivity contribution in [2.45, 2.75) is 44.8 Å². The van der Waals surface area contributed by atoms with Crippen LogP contribution in [0.4, 0.5) is 4.79 Å². The normalized spacial score (nSPS) is 25.6. The SMILES string of the molecule is COC(=O)C1=COC(O)C2C(COC(=O)N3CCC(=C4c5ccc(Cl)cc5CCc5cccnc54)CC3)CCC12. The molecule has 4 atom stereocenters. The Morgan fingerprint density at radius 1 is 1.12 bits per heavy atom. The van der Waals surface area contributed by atoms with E-state index in [1.54, 1.807) is 4.90 Å². The molecule has 1 aromatic heterocycles. The average molecular weight is 565 g/mol. The molecule has 3 heterocycles. The quantitative estimate of drug-likeness (QED) is 0.529. The topological polar surface area (TPSA) is 98.2 Å². The number of carbonyl (C=O) groups is 2. The highest BCUT2D eigenvalue weighted by Gasteiger charge is 2.48. The molecular formula is C31H33ClN2O6. The number of aliphatic hydroxyl groups excluding tert-OH is 1. The Bertz CT molecular complexity index is 1380. The van der Waals surface area contributed by atoms with Gasteiger partial charge in [-0.25, -0.2) is 9.59 Å². The molecule has 1 saturated heterocycles. The lowest BCUT2D eigenvalue weighted by atomic mass is 9.83. The first kappa shape index (κ1) is 26.8. The number of likely N-dealkylation sites (tertiary alicyclic amines) is 1. The Hall–Kier alpha value is -3.36. The second kappa shape index (κ2) is 11.3. The van der Waals surface area contributed by atoms with Gasteiger partial charge < -0.3 is 24.2 Å². The van der Waals surface area contributed by atoms with Gasteiger partial charge in [0.15, 0.2) is 6.29 Å². The maximum Gasteiger partial charge on any atom is 0.409 e. The standard InChI is InChI=1S/C31H33ClN2O6/c1-38-29(35)25-17-39-30(36)27-21(6-8-24(25)27)16-40-31(37)34-13-10-18(11-14-34)26-23-9-7-22(32)15-20(23)5-4-19-3-2-12-33-28(19)26/h2-3,7,9,12,15,17,21,24,27,30,36H,4-6,8,10-11,13-14,16H2,1H3. The molecule has 6 rings (SSSR count). The molecule has 1 N–H and O–H groups in total. The number of fused-ring (bicyclic) bond motifs is 3. The zero-order valence-corrected chi connectivity index (χ0v) is 23.2. The molecule has 8 nitrogen and oxygen atoms in total. The third-order valence-electron chi connectivity index (χ3n) is 8.87. The lowest BCUT2D eigenvalue weighted by Crippen LogP contribution is -2.40. The molecule has 0 spiro atoms. The number of aryl methyl sites for hydroxylation is 2. The first-order chi connectivity index (χ1) is 19.4. The number of hydrogen-bond acceptors (Lipinski definition) is 7. The van der Waals surface area contributed by atoms with Gasteiger partial charge in [0.05, 0.1) is 31.2 Å². The summed E-state index contributed by atoms with van der Waals surface area (Å²) in [6.45, 7) is 1.28. The number of piperidine rings is 1. The molecule has 2 aromatic rings. The summed E-state index contributed by atoms with van der Waals surface area (Å²) in [7, 11) is 1.33. The zero-order valence-electron chi connectivity index (χ0n) is 22.5. The molecule has 210 valence electrons. The zero-order chi connectivity index (χ0) is 27.8. The molecule has 2 aliphatic carbocycles. The summed E-state index contributed by atoms with van der Waals surface area (Å²) in [5, 5.41) is 11.2. The van der Waals surface area contributed by atoms with Crippen LogP contribution in [0.2, 0.25) is 5.02 Å². The van der Waals surface area contributed by atoms with Gasteiger partial charge in [-0.15, -0.1) is 0 Å². The fraction of sp³-hybridized carbons (Fsp3) is 0.452. The predicted octanol–water partition coefficient (Wildman–Crippen LogP) is 4.92. The monoisotopic (exact) mass is 564 g/mol. The van der Waals surface area contributed by atoms with Crippen molar-refractivity contribution in [1.29, 1.82) is 0 Å². The number of halogens is 1. The van der Waals surface area contributed by atoms with Crippen molar-refractivity contribution in [3.8, 4) is 0 Å². The highest BCUT2D eigenvalue weighted by molar-refractivity contribution is 6.30. The molecule has 0 bridgehead atoms. The van der Waals surface area contributed by atoms with Gasteiger partial charge in [-0.3, -0.25) is 4.98 Å². The number of benzene rings is 1. The second-order valence-corrected chi connectivity index (χ2v) is 11.4. The Labute approximate surface area is 238 Å². The molecule has 1 amide bonds. The lowest BCUT2D eigenvalue weighted by molar-refractivity contribution is -0.146. The highest BCUT2D eigenvalue weighted by Crippen LogP contribution is 2.46. The fourth-order valence-electron chi connectivity index (χ4n) is 6.85. The minimum absolute atomic E-state index is 0.100. The van der Waals surface area contributed by atoms with Gasteiger partial charge in [0.2, 0.25) is 0 Å². The van der Waals surface area contributed by atoms with Crippen LogP contribution in [0.15, 0.2) is 53.9 Å². The molecule has 2 fully saturated rings. The summed E-state index contributed by atoms with van der Waals surface area (Å²) in [5.41, 5.74) is 7.55. The molecule has 1 aromatic carbocycles. The Balaban J connectivity index is 1.14. The number of pyridine rings is 1. The first-order valence-electron chi connectivity index (χ1n) is 13.9. The van der Waals surface area contributed by atoms with E-state index in [2.05, 4.69) is 18.2 Å². The molecule has 4 aliphatic rings. The van der Waals surface area contributed by atoms with E-state index in [9.17, 15) is 14.7 Å². The fourth-order valence-corrected chi connectivity index (χ4v) is 7.04. The van der Waals surface area contributed by atoms with Gasteiger partial charge in [-0.05, 0) is 73.4 Å². The summed E-state index contributed by atoms with van der Waals surface area (Å²) in [6, 6.07) is 10.2. The van der Waals surface area contributed by atoms with E-state index >= 15 is 0 Å². The van der Waals surface area contributed by atoms with Gasteiger partial charge in [-0.1, -0.05) is 29.3 Å². The van der Waals surface area contributed by atoms with Crippen LogP contribution < -0.4 is 0 Å². The highest BCUT2D eigenvalue weighted by atomic mass is 35.5. The van der Waals surface area contributed by atoms with E-state index in [0.29, 0.717) is 25.1 Å². The van der Waals surface area contributed by atoms with Crippen molar-refractivity contribution in [2.75, 3.05) is 26.8 Å². The minimum atomic E-state index is -1.04. The van der Waals surface area contributed by atoms with Crippen LogP contribution in [0.3, 0.4) is 0 Å². The molecule has 40 heavy (non-hydrogen) atoms. The number of esters is 1. The summed E-state index contributed by atoms with van der Waals surface area (Å²) in [4.78, 5) is 31.8. The van der Waals surface area contributed by atoms with E-state index in [1.807, 2.05) is 18.3 Å². The first-order valence-corrected chi connectivity index (χ1v) is 14.3. The van der Waals surface area contributed by atoms with Crippen LogP contribution in [0.1, 0.15) is 48.1 Å². The van der Waals surface area contributed by atoms with Crippen LogP contribution in [0, 0.1) is 17.8 Å². The minimum Gasteiger partial charge on any atom is -0.472 e. The molecule has 1 saturated carbocycles. The van der Waals surface area contributed by atoms with Crippen molar-refractivity contribution in [3.05, 3.63) is 81.3 Å². The summed E-state index contributed by atoms with van der Waals surface area (Å²) in [6.07, 6.45) is 6.47. The largest absolute Gasteiger partial charge is 0.472 e. The van der Waals surface area contributed by atoms with Gasteiger partial charge in [0.25, 0.3) is 0 Å². The number of ether oxygens (including phenoxy) is 3. The van der Waals surface area contributed by atoms with Crippen molar-refractivity contribution in [3.63, 3.8) is 0 Å². The van der Waals surface area contributed by atoms with Gasteiger partial charge in [0.1, 0.15) is 0 Å². The van der Waals surface area contributed by atoms with Gasteiger partial charge in [-0.2, -0.15) is 0 Å². The Morgan fingerprint density at radius 2 is 1.93 bits per heavy atom. The maximum absolute atomic E-state index is 13.1. The van der Waals surface area contributed by atoms with Crippen LogP contribution in [0.25, 0.3) is 5.57 Å². The van der Waals surface area contributed by atoms with Gasteiger partial charge >= 0.3 is 12.1 Å². The average Bonchev–Trinajstić information content (AvgIpc) is 3.34. The molecule has 2 aliphatic heterocycles. The number of amides is 1. The van der Waals surface area contributed by atoms with Crippen molar-refractivity contribution in [2.24, 2.45) is 17.8 Å². The molecular weight excluding hydrogens is 532 g/mol. The number of hydrogen-bond donors (Lipinski definition) is 1. The number of carbonyl (C=O) groups excluding carboxylic acids is 2. The summed E-state index contributed by atoms with van der Waals surface area (Å²) < 4.78 is 16.0. The van der Waals surface area contributed by atoms with E-state index in [0.717, 1.165) is 42.8 Å². The molecule has 4 unspecified atom stereocenters. The van der Waals surface area contributed by atoms with Crippen molar-refractivity contribution in [1.82, 2.24) is 9.88 Å². The third kappa shape index (κ3) is 4.99. The lowest BCUT2D eigenvalue weighted by Gasteiger charge is -2.33. The Morgan fingerprint density at radius 3 is 2.73 bits per heavy atom. The number of nitrogens with zero attached hydrogens (tertiary/aromatic N) is 2.